The number of ether oxygens (including phenoxy) is 1. The Morgan fingerprint density at radius 1 is 1.20 bits per heavy atom. The van der Waals surface area contributed by atoms with Gasteiger partial charge in [-0.15, -0.1) is 0 Å². The molecule has 0 radical (unpaired) electrons. The summed E-state index contributed by atoms with van der Waals surface area (Å²) in [4.78, 5) is 16.0. The van der Waals surface area contributed by atoms with Crippen LogP contribution in [0.25, 0.3) is 10.8 Å². The number of methoxy groups -OCH3 is 1. The molecule has 132 valence electrons. The third-order valence-electron chi connectivity index (χ3n) is 4.15. The number of nitriles is 1. The minimum Gasteiger partial charge on any atom is -0.497 e. The largest absolute Gasteiger partial charge is 0.497 e. The Morgan fingerprint density at radius 3 is 2.60 bits per heavy atom. The van der Waals surface area contributed by atoms with Crippen LogP contribution in [0.15, 0.2) is 36.4 Å². The van der Waals surface area contributed by atoms with Crippen molar-refractivity contribution >= 4 is 16.7 Å². The van der Waals surface area contributed by atoms with E-state index in [4.69, 9.17) is 10.00 Å². The van der Waals surface area contributed by atoms with Crippen molar-refractivity contribution in [2.75, 3.05) is 33.8 Å². The monoisotopic (exact) mass is 339 g/mol. The summed E-state index contributed by atoms with van der Waals surface area (Å²) >= 11 is 0. The number of nitrogens with zero attached hydrogens (tertiary/aromatic N) is 3. The van der Waals surface area contributed by atoms with Gasteiger partial charge in [0.25, 0.3) is 0 Å². The number of likely N-dealkylation sites (N-methyl/N-ethyl adjacent to an activating group) is 1. The summed E-state index contributed by atoms with van der Waals surface area (Å²) in [5.74, 6) is 0.861. The lowest BCUT2D eigenvalue weighted by Gasteiger charge is -2.23. The van der Waals surface area contributed by atoms with Gasteiger partial charge in [-0.2, -0.15) is 5.26 Å². The van der Waals surface area contributed by atoms with Gasteiger partial charge in [-0.1, -0.05) is 25.1 Å². The van der Waals surface area contributed by atoms with Crippen LogP contribution in [-0.2, 0) is 11.3 Å². The maximum Gasteiger partial charge on any atom is 0.236 e. The number of carbonyl (C=O) groups is 1. The summed E-state index contributed by atoms with van der Waals surface area (Å²) in [6.07, 6.45) is 0.923. The molecule has 0 N–H and O–H groups in total. The van der Waals surface area contributed by atoms with Crippen molar-refractivity contribution in [3.8, 4) is 11.8 Å². The van der Waals surface area contributed by atoms with Crippen LogP contribution < -0.4 is 4.74 Å². The van der Waals surface area contributed by atoms with Gasteiger partial charge in [0.15, 0.2) is 0 Å². The van der Waals surface area contributed by atoms with E-state index in [1.54, 1.807) is 19.1 Å². The zero-order valence-electron chi connectivity index (χ0n) is 15.2. The van der Waals surface area contributed by atoms with Gasteiger partial charge in [0.2, 0.25) is 5.91 Å². The molecular formula is C20H25N3O2. The lowest BCUT2D eigenvalue weighted by molar-refractivity contribution is -0.131. The van der Waals surface area contributed by atoms with Gasteiger partial charge in [-0.25, -0.2) is 0 Å². The normalized spacial score (nSPS) is 10.7. The highest BCUT2D eigenvalue weighted by Gasteiger charge is 2.14. The molecular weight excluding hydrogens is 314 g/mol. The molecule has 2 rings (SSSR count). The maximum absolute atomic E-state index is 12.4. The summed E-state index contributed by atoms with van der Waals surface area (Å²) in [6.45, 7) is 3.91. The van der Waals surface area contributed by atoms with Crippen molar-refractivity contribution in [2.24, 2.45) is 0 Å². The third kappa shape index (κ3) is 5.20. The van der Waals surface area contributed by atoms with Crippen LogP contribution in [0.3, 0.4) is 0 Å². The summed E-state index contributed by atoms with van der Waals surface area (Å²) in [5.41, 5.74) is 1.08. The Hall–Kier alpha value is -2.58. The van der Waals surface area contributed by atoms with Crippen LogP contribution in [0.1, 0.15) is 18.9 Å². The van der Waals surface area contributed by atoms with Gasteiger partial charge in [0, 0.05) is 13.6 Å². The molecule has 0 atom stereocenters. The van der Waals surface area contributed by atoms with Crippen LogP contribution in [0.5, 0.6) is 5.75 Å². The Morgan fingerprint density at radius 2 is 1.92 bits per heavy atom. The number of fused-ring (bicyclic) bond motifs is 1. The van der Waals surface area contributed by atoms with Crippen molar-refractivity contribution in [1.29, 1.82) is 5.26 Å². The molecule has 0 aliphatic carbocycles. The molecule has 5 heteroatoms. The molecule has 0 bridgehead atoms. The molecule has 0 unspecified atom stereocenters. The molecule has 0 spiro atoms. The van der Waals surface area contributed by atoms with Crippen LogP contribution >= 0.6 is 0 Å². The van der Waals surface area contributed by atoms with E-state index in [-0.39, 0.29) is 19.0 Å². The van der Waals surface area contributed by atoms with Crippen molar-refractivity contribution in [3.05, 3.63) is 42.0 Å². The van der Waals surface area contributed by atoms with E-state index in [0.717, 1.165) is 35.1 Å². The van der Waals surface area contributed by atoms with Gasteiger partial charge in [0.1, 0.15) is 5.75 Å². The predicted octanol–water partition coefficient (Wildman–Crippen LogP) is 3.04. The second-order valence-corrected chi connectivity index (χ2v) is 6.17. The average molecular weight is 339 g/mol. The van der Waals surface area contributed by atoms with Gasteiger partial charge in [-0.3, -0.25) is 9.69 Å². The Labute approximate surface area is 149 Å². The number of hydrogen-bond acceptors (Lipinski definition) is 4. The second kappa shape index (κ2) is 9.05. The van der Waals surface area contributed by atoms with Gasteiger partial charge in [-0.05, 0) is 47.5 Å². The molecule has 0 aliphatic heterocycles. The van der Waals surface area contributed by atoms with E-state index < -0.39 is 0 Å². The molecule has 25 heavy (non-hydrogen) atoms. The smallest absolute Gasteiger partial charge is 0.236 e. The number of carbonyl (C=O) groups excluding carboxylic acids is 1. The summed E-state index contributed by atoms with van der Waals surface area (Å²) < 4.78 is 5.24. The average Bonchev–Trinajstić information content (AvgIpc) is 2.61. The minimum absolute atomic E-state index is 0.0264. The standard InChI is InChI=1S/C20H25N3O2/c1-4-10-23(11-9-21)15-20(24)22(2)14-16-5-6-18-13-19(25-3)8-7-17(18)12-16/h5-8,12-13H,4,10-11,14-15H2,1-3H3. The number of benzene rings is 2. The molecule has 2 aromatic rings. The van der Waals surface area contributed by atoms with Crippen LogP contribution in [0.4, 0.5) is 0 Å². The predicted molar refractivity (Wildman–Crippen MR) is 99.3 cm³/mol. The lowest BCUT2D eigenvalue weighted by atomic mass is 10.1. The summed E-state index contributed by atoms with van der Waals surface area (Å²) in [6, 6.07) is 14.3. The molecule has 2 aromatic carbocycles. The minimum atomic E-state index is 0.0264. The first-order valence-electron chi connectivity index (χ1n) is 8.47. The van der Waals surface area contributed by atoms with E-state index in [9.17, 15) is 4.79 Å². The highest BCUT2D eigenvalue weighted by Crippen LogP contribution is 2.22. The molecule has 0 fully saturated rings. The van der Waals surface area contributed by atoms with Crippen LogP contribution in [-0.4, -0.2) is 49.5 Å². The Balaban J connectivity index is 2.03. The third-order valence-corrected chi connectivity index (χ3v) is 4.15. The van der Waals surface area contributed by atoms with Crippen molar-refractivity contribution < 1.29 is 9.53 Å². The molecule has 0 heterocycles. The summed E-state index contributed by atoms with van der Waals surface area (Å²) in [7, 11) is 3.46. The lowest BCUT2D eigenvalue weighted by Crippen LogP contribution is -2.38. The number of amides is 1. The first-order chi connectivity index (χ1) is 12.1. The fourth-order valence-electron chi connectivity index (χ4n) is 2.80. The van der Waals surface area contributed by atoms with E-state index >= 15 is 0 Å². The van der Waals surface area contributed by atoms with Gasteiger partial charge < -0.3 is 9.64 Å². The Kier molecular flexibility index (Phi) is 6.79. The van der Waals surface area contributed by atoms with E-state index in [2.05, 4.69) is 12.1 Å². The number of rotatable bonds is 8. The van der Waals surface area contributed by atoms with E-state index in [1.807, 2.05) is 42.2 Å². The fourth-order valence-corrected chi connectivity index (χ4v) is 2.80. The Bertz CT molecular complexity index is 767. The molecule has 0 aromatic heterocycles. The molecule has 0 saturated carbocycles. The first kappa shape index (κ1) is 18.8. The van der Waals surface area contributed by atoms with Gasteiger partial charge >= 0.3 is 0 Å². The van der Waals surface area contributed by atoms with E-state index in [0.29, 0.717) is 6.54 Å². The molecule has 1 amide bonds. The number of hydrogen-bond donors (Lipinski definition) is 0. The molecule has 0 saturated heterocycles. The topological polar surface area (TPSA) is 56.6 Å². The van der Waals surface area contributed by atoms with Crippen molar-refractivity contribution in [1.82, 2.24) is 9.80 Å². The van der Waals surface area contributed by atoms with Gasteiger partial charge in [0.05, 0.1) is 26.3 Å². The fraction of sp³-hybridized carbons (Fsp3) is 0.400. The van der Waals surface area contributed by atoms with Crippen LogP contribution in [0, 0.1) is 11.3 Å². The van der Waals surface area contributed by atoms with Crippen LogP contribution in [0.2, 0.25) is 0 Å². The zero-order valence-corrected chi connectivity index (χ0v) is 15.2. The zero-order chi connectivity index (χ0) is 18.2. The highest BCUT2D eigenvalue weighted by molar-refractivity contribution is 5.84. The van der Waals surface area contributed by atoms with Crippen molar-refractivity contribution in [3.63, 3.8) is 0 Å². The van der Waals surface area contributed by atoms with E-state index in [1.165, 1.54) is 0 Å². The second-order valence-electron chi connectivity index (χ2n) is 6.17. The summed E-state index contributed by atoms with van der Waals surface area (Å²) in [5, 5.41) is 11.1. The maximum atomic E-state index is 12.4. The SMILES string of the molecule is CCCN(CC#N)CC(=O)N(C)Cc1ccc2cc(OC)ccc2c1. The van der Waals surface area contributed by atoms with Crippen molar-refractivity contribution in [2.45, 2.75) is 19.9 Å². The first-order valence-corrected chi connectivity index (χ1v) is 8.47. The molecule has 0 aliphatic rings. The molecule has 5 nitrogen and oxygen atoms in total. The quantitative estimate of drug-likeness (QED) is 0.694. The highest BCUT2D eigenvalue weighted by atomic mass is 16.5.